The van der Waals surface area contributed by atoms with E-state index < -0.39 is 0 Å². The van der Waals surface area contributed by atoms with Crippen molar-refractivity contribution in [3.05, 3.63) is 54.1 Å². The molecule has 3 N–H and O–H groups in total. The zero-order valence-corrected chi connectivity index (χ0v) is 19.2. The van der Waals surface area contributed by atoms with E-state index in [9.17, 15) is 14.7 Å². The van der Waals surface area contributed by atoms with E-state index >= 15 is 0 Å². The molecule has 0 saturated heterocycles. The topological polar surface area (TPSA) is 87.7 Å². The summed E-state index contributed by atoms with van der Waals surface area (Å²) < 4.78 is 6.16. The van der Waals surface area contributed by atoms with Crippen molar-refractivity contribution in [2.75, 3.05) is 10.6 Å². The molecule has 0 heterocycles. The molecule has 0 bridgehead atoms. The Morgan fingerprint density at radius 1 is 1.00 bits per heavy atom. The molecule has 0 spiro atoms. The van der Waals surface area contributed by atoms with Crippen LogP contribution in [0.25, 0.3) is 10.8 Å². The summed E-state index contributed by atoms with van der Waals surface area (Å²) in [7, 11) is 0. The molecule has 6 nitrogen and oxygen atoms in total. The summed E-state index contributed by atoms with van der Waals surface area (Å²) in [5, 5.41) is 17.8. The number of hydrogen-bond donors (Lipinski definition) is 3. The van der Waals surface area contributed by atoms with E-state index in [2.05, 4.69) is 10.6 Å². The van der Waals surface area contributed by atoms with Gasteiger partial charge < -0.3 is 20.5 Å². The van der Waals surface area contributed by atoms with Gasteiger partial charge in [-0.15, -0.1) is 0 Å². The maximum Gasteiger partial charge on any atom is 0.227 e. The van der Waals surface area contributed by atoms with Crippen molar-refractivity contribution in [2.24, 2.45) is 11.8 Å². The summed E-state index contributed by atoms with van der Waals surface area (Å²) in [6, 6.07) is 14.3. The molecule has 0 aliphatic rings. The quantitative estimate of drug-likeness (QED) is 0.385. The van der Waals surface area contributed by atoms with Crippen LogP contribution in [0.1, 0.15) is 39.7 Å². The molecule has 3 aromatic carbocycles. The highest BCUT2D eigenvalue weighted by atomic mass is 16.5. The molecule has 0 aliphatic heterocycles. The van der Waals surface area contributed by atoms with Crippen molar-refractivity contribution in [1.82, 2.24) is 0 Å². The number of aromatic hydroxyl groups is 1. The van der Waals surface area contributed by atoms with Gasteiger partial charge in [-0.2, -0.15) is 0 Å². The molecule has 2 amide bonds. The Kier molecular flexibility index (Phi) is 7.03. The second-order valence-electron chi connectivity index (χ2n) is 8.68. The van der Waals surface area contributed by atoms with E-state index in [1.165, 1.54) is 0 Å². The third-order valence-electron chi connectivity index (χ3n) is 5.05. The Hall–Kier alpha value is -3.54. The van der Waals surface area contributed by atoms with Crippen LogP contribution < -0.4 is 15.4 Å². The number of carbonyl (C=O) groups is 2. The number of amides is 2. The van der Waals surface area contributed by atoms with E-state index in [1.54, 1.807) is 50.2 Å². The lowest BCUT2D eigenvalue weighted by Crippen LogP contribution is -2.17. The lowest BCUT2D eigenvalue weighted by atomic mass is 10.0. The van der Waals surface area contributed by atoms with Crippen LogP contribution in [-0.2, 0) is 9.59 Å². The second kappa shape index (κ2) is 9.73. The first-order valence-corrected chi connectivity index (χ1v) is 10.8. The van der Waals surface area contributed by atoms with E-state index in [0.29, 0.717) is 34.7 Å². The number of benzene rings is 3. The van der Waals surface area contributed by atoms with Gasteiger partial charge in [-0.25, -0.2) is 0 Å². The van der Waals surface area contributed by atoms with Crippen LogP contribution in [0.2, 0.25) is 0 Å². The van der Waals surface area contributed by atoms with Crippen LogP contribution >= 0.6 is 0 Å². The van der Waals surface area contributed by atoms with Crippen LogP contribution in [-0.4, -0.2) is 16.9 Å². The molecule has 0 unspecified atom stereocenters. The van der Waals surface area contributed by atoms with Gasteiger partial charge in [0.2, 0.25) is 11.8 Å². The number of ether oxygens (including phenoxy) is 1. The smallest absolute Gasteiger partial charge is 0.227 e. The molecular formula is C26H30N2O4. The van der Waals surface area contributed by atoms with Crippen LogP contribution in [0.4, 0.5) is 11.4 Å². The number of aryl methyl sites for hydroxylation is 1. The summed E-state index contributed by atoms with van der Waals surface area (Å²) in [5.41, 5.74) is 1.93. The van der Waals surface area contributed by atoms with Crippen LogP contribution in [0, 0.1) is 18.8 Å². The van der Waals surface area contributed by atoms with Crippen molar-refractivity contribution in [2.45, 2.75) is 41.0 Å². The van der Waals surface area contributed by atoms with Crippen LogP contribution in [0.3, 0.4) is 0 Å². The zero-order valence-electron chi connectivity index (χ0n) is 19.2. The summed E-state index contributed by atoms with van der Waals surface area (Å²) >= 11 is 0. The second-order valence-corrected chi connectivity index (χ2v) is 8.68. The van der Waals surface area contributed by atoms with Gasteiger partial charge in [0.1, 0.15) is 17.2 Å². The molecule has 0 aliphatic carbocycles. The number of anilines is 2. The number of phenolic OH excluding ortho intramolecular Hbond substituents is 1. The van der Waals surface area contributed by atoms with Crippen molar-refractivity contribution in [3.8, 4) is 17.2 Å². The van der Waals surface area contributed by atoms with E-state index in [-0.39, 0.29) is 29.4 Å². The molecule has 168 valence electrons. The van der Waals surface area contributed by atoms with Gasteiger partial charge >= 0.3 is 0 Å². The SMILES string of the molecule is Cc1cccc2c(O)c(NC(=O)C(C)C)cc(Oc3ccc(NC(=O)CC(C)C)cc3)c12. The first-order chi connectivity index (χ1) is 15.2. The van der Waals surface area contributed by atoms with Gasteiger partial charge in [-0.1, -0.05) is 45.9 Å². The predicted molar refractivity (Wildman–Crippen MR) is 128 cm³/mol. The Labute approximate surface area is 188 Å². The zero-order chi connectivity index (χ0) is 23.4. The van der Waals surface area contributed by atoms with Crippen molar-refractivity contribution >= 4 is 34.0 Å². The minimum Gasteiger partial charge on any atom is -0.505 e. The predicted octanol–water partition coefficient (Wildman–Crippen LogP) is 6.23. The third kappa shape index (κ3) is 5.38. The van der Waals surface area contributed by atoms with Gasteiger partial charge in [0, 0.05) is 34.9 Å². The minimum absolute atomic E-state index is 0.00765. The first kappa shape index (κ1) is 23.1. The first-order valence-electron chi connectivity index (χ1n) is 10.8. The highest BCUT2D eigenvalue weighted by Gasteiger charge is 2.18. The Morgan fingerprint density at radius 3 is 2.31 bits per heavy atom. The molecule has 0 saturated carbocycles. The fourth-order valence-electron chi connectivity index (χ4n) is 3.38. The van der Waals surface area contributed by atoms with Crippen LogP contribution in [0.5, 0.6) is 17.2 Å². The average molecular weight is 435 g/mol. The summed E-state index contributed by atoms with van der Waals surface area (Å²) in [6.07, 6.45) is 0.460. The van der Waals surface area contributed by atoms with Crippen molar-refractivity contribution < 1.29 is 19.4 Å². The Bertz CT molecular complexity index is 1130. The average Bonchev–Trinajstić information content (AvgIpc) is 2.72. The molecule has 0 radical (unpaired) electrons. The number of fused-ring (bicyclic) bond motifs is 1. The number of rotatable bonds is 7. The highest BCUT2D eigenvalue weighted by molar-refractivity contribution is 6.03. The maximum absolute atomic E-state index is 12.2. The lowest BCUT2D eigenvalue weighted by Gasteiger charge is -2.17. The standard InChI is InChI=1S/C26H30N2O4/c1-15(2)13-23(29)27-18-9-11-19(12-10-18)32-22-14-21(28-26(31)16(3)4)25(30)20-8-6-7-17(5)24(20)22/h6-12,14-16,30H,13H2,1-5H3,(H,27,29)(H,28,31). The molecule has 32 heavy (non-hydrogen) atoms. The van der Waals surface area contributed by atoms with Gasteiger partial charge in [0.15, 0.2) is 0 Å². The Morgan fingerprint density at radius 2 is 1.69 bits per heavy atom. The van der Waals surface area contributed by atoms with Gasteiger partial charge in [0.05, 0.1) is 5.69 Å². The normalized spacial score (nSPS) is 11.1. The van der Waals surface area contributed by atoms with E-state index in [1.807, 2.05) is 32.9 Å². The fraction of sp³-hybridized carbons (Fsp3) is 0.308. The number of carbonyl (C=O) groups excluding carboxylic acids is 2. The molecule has 0 aromatic heterocycles. The molecular weight excluding hydrogens is 404 g/mol. The monoisotopic (exact) mass is 434 g/mol. The number of hydrogen-bond acceptors (Lipinski definition) is 4. The molecule has 3 aromatic rings. The van der Waals surface area contributed by atoms with Gasteiger partial charge in [-0.3, -0.25) is 9.59 Å². The summed E-state index contributed by atoms with van der Waals surface area (Å²) in [6.45, 7) is 9.51. The van der Waals surface area contributed by atoms with E-state index in [0.717, 1.165) is 10.9 Å². The summed E-state index contributed by atoms with van der Waals surface area (Å²) in [5.74, 6) is 0.932. The largest absolute Gasteiger partial charge is 0.505 e. The Balaban J connectivity index is 1.93. The molecule has 0 atom stereocenters. The maximum atomic E-state index is 12.2. The van der Waals surface area contributed by atoms with E-state index in [4.69, 9.17) is 4.74 Å². The third-order valence-corrected chi connectivity index (χ3v) is 5.05. The number of phenols is 1. The number of nitrogens with one attached hydrogen (secondary N) is 2. The van der Waals surface area contributed by atoms with Crippen molar-refractivity contribution in [3.63, 3.8) is 0 Å². The molecule has 6 heteroatoms. The van der Waals surface area contributed by atoms with Gasteiger partial charge in [-0.05, 0) is 42.7 Å². The van der Waals surface area contributed by atoms with Crippen molar-refractivity contribution in [1.29, 1.82) is 0 Å². The summed E-state index contributed by atoms with van der Waals surface area (Å²) in [4.78, 5) is 24.2. The lowest BCUT2D eigenvalue weighted by molar-refractivity contribution is -0.119. The molecule has 0 fully saturated rings. The van der Waals surface area contributed by atoms with Gasteiger partial charge in [0.25, 0.3) is 0 Å². The van der Waals surface area contributed by atoms with Crippen LogP contribution in [0.15, 0.2) is 48.5 Å². The fourth-order valence-corrected chi connectivity index (χ4v) is 3.38. The molecule has 3 rings (SSSR count). The highest BCUT2D eigenvalue weighted by Crippen LogP contribution is 2.42. The minimum atomic E-state index is -0.231.